The lowest BCUT2D eigenvalue weighted by Gasteiger charge is -2.14. The summed E-state index contributed by atoms with van der Waals surface area (Å²) in [6.45, 7) is 2.05. The molecule has 1 saturated carbocycles. The number of hydrogen-bond acceptors (Lipinski definition) is 2. The third-order valence-corrected chi connectivity index (χ3v) is 2.91. The molecule has 0 radical (unpaired) electrons. The standard InChI is InChI=1S/C11H16N2/c1-7-9(3-2-4-10(7)12)11(13)8-5-6-8/h2-4,8,11H,5-6,12-13H2,1H3/t11-/m0/s1. The minimum absolute atomic E-state index is 0.198. The van der Waals surface area contributed by atoms with E-state index in [0.717, 1.165) is 11.3 Å². The SMILES string of the molecule is Cc1c(N)cccc1[C@@H](N)C1CC1. The van der Waals surface area contributed by atoms with Gasteiger partial charge in [-0.3, -0.25) is 0 Å². The van der Waals surface area contributed by atoms with Crippen molar-refractivity contribution in [2.75, 3.05) is 5.73 Å². The molecule has 2 heteroatoms. The van der Waals surface area contributed by atoms with Gasteiger partial charge in [-0.2, -0.15) is 0 Å². The molecular weight excluding hydrogens is 160 g/mol. The van der Waals surface area contributed by atoms with E-state index in [9.17, 15) is 0 Å². The Bertz CT molecular complexity index is 316. The molecule has 4 N–H and O–H groups in total. The maximum absolute atomic E-state index is 6.11. The molecule has 0 aliphatic heterocycles. The predicted octanol–water partition coefficient (Wildman–Crippen LogP) is 1.99. The van der Waals surface area contributed by atoms with Crippen LogP contribution in [-0.4, -0.2) is 0 Å². The Morgan fingerprint density at radius 2 is 2.08 bits per heavy atom. The summed E-state index contributed by atoms with van der Waals surface area (Å²) in [5.74, 6) is 0.695. The normalized spacial score (nSPS) is 18.6. The minimum atomic E-state index is 0.198. The van der Waals surface area contributed by atoms with Crippen LogP contribution in [0.5, 0.6) is 0 Å². The molecule has 0 heterocycles. The van der Waals surface area contributed by atoms with E-state index in [-0.39, 0.29) is 6.04 Å². The minimum Gasteiger partial charge on any atom is -0.399 e. The van der Waals surface area contributed by atoms with Gasteiger partial charge in [0.2, 0.25) is 0 Å². The first-order chi connectivity index (χ1) is 6.20. The van der Waals surface area contributed by atoms with Crippen molar-refractivity contribution < 1.29 is 0 Å². The second-order valence-corrected chi connectivity index (χ2v) is 3.92. The van der Waals surface area contributed by atoms with E-state index >= 15 is 0 Å². The molecule has 1 aliphatic carbocycles. The maximum atomic E-state index is 6.11. The Kier molecular flexibility index (Phi) is 2.00. The first kappa shape index (κ1) is 8.57. The summed E-state index contributed by atoms with van der Waals surface area (Å²) in [6, 6.07) is 6.20. The highest BCUT2D eigenvalue weighted by Crippen LogP contribution is 2.40. The molecule has 1 aliphatic rings. The van der Waals surface area contributed by atoms with Gasteiger partial charge < -0.3 is 11.5 Å². The van der Waals surface area contributed by atoms with Crippen molar-refractivity contribution in [3.05, 3.63) is 29.3 Å². The summed E-state index contributed by atoms with van der Waals surface area (Å²) < 4.78 is 0. The van der Waals surface area contributed by atoms with E-state index < -0.39 is 0 Å². The second kappa shape index (κ2) is 3.04. The fraction of sp³-hybridized carbons (Fsp3) is 0.455. The first-order valence-electron chi connectivity index (χ1n) is 4.80. The van der Waals surface area contributed by atoms with Crippen LogP contribution in [0.4, 0.5) is 5.69 Å². The molecule has 70 valence electrons. The van der Waals surface area contributed by atoms with Crippen LogP contribution in [0.2, 0.25) is 0 Å². The van der Waals surface area contributed by atoms with E-state index in [1.165, 1.54) is 18.4 Å². The Hall–Kier alpha value is -1.02. The van der Waals surface area contributed by atoms with Crippen molar-refractivity contribution in [2.45, 2.75) is 25.8 Å². The fourth-order valence-electron chi connectivity index (χ4n) is 1.74. The lowest BCUT2D eigenvalue weighted by molar-refractivity contribution is 0.630. The van der Waals surface area contributed by atoms with E-state index in [0.29, 0.717) is 5.92 Å². The van der Waals surface area contributed by atoms with Crippen LogP contribution >= 0.6 is 0 Å². The number of hydrogen-bond donors (Lipinski definition) is 2. The zero-order valence-corrected chi connectivity index (χ0v) is 7.96. The number of nitrogen functional groups attached to an aromatic ring is 1. The molecule has 0 aromatic heterocycles. The summed E-state index contributed by atoms with van der Waals surface area (Å²) in [4.78, 5) is 0. The molecule has 2 nitrogen and oxygen atoms in total. The summed E-state index contributed by atoms with van der Waals surface area (Å²) in [5, 5.41) is 0. The second-order valence-electron chi connectivity index (χ2n) is 3.92. The van der Waals surface area contributed by atoms with Gasteiger partial charge in [0.05, 0.1) is 0 Å². The summed E-state index contributed by atoms with van der Waals surface area (Å²) >= 11 is 0. The lowest BCUT2D eigenvalue weighted by Crippen LogP contribution is -2.14. The monoisotopic (exact) mass is 176 g/mol. The average Bonchev–Trinajstić information content (AvgIpc) is 2.91. The van der Waals surface area contributed by atoms with Crippen LogP contribution < -0.4 is 11.5 Å². The molecule has 1 atom stereocenters. The Morgan fingerprint density at radius 1 is 1.38 bits per heavy atom. The van der Waals surface area contributed by atoms with Crippen molar-refractivity contribution in [1.82, 2.24) is 0 Å². The quantitative estimate of drug-likeness (QED) is 0.677. The maximum Gasteiger partial charge on any atom is 0.0347 e. The summed E-state index contributed by atoms with van der Waals surface area (Å²) in [6.07, 6.45) is 2.55. The highest BCUT2D eigenvalue weighted by molar-refractivity contribution is 5.51. The topological polar surface area (TPSA) is 52.0 Å². The molecule has 2 rings (SSSR count). The molecule has 0 unspecified atom stereocenters. The molecule has 0 bridgehead atoms. The number of benzene rings is 1. The Labute approximate surface area is 78.9 Å². The van der Waals surface area contributed by atoms with Crippen molar-refractivity contribution in [1.29, 1.82) is 0 Å². The van der Waals surface area contributed by atoms with Gasteiger partial charge in [0.15, 0.2) is 0 Å². The van der Waals surface area contributed by atoms with Crippen molar-refractivity contribution >= 4 is 5.69 Å². The van der Waals surface area contributed by atoms with Crippen LogP contribution in [0, 0.1) is 12.8 Å². The number of rotatable bonds is 2. The third-order valence-electron chi connectivity index (χ3n) is 2.91. The van der Waals surface area contributed by atoms with Gasteiger partial charge in [0.25, 0.3) is 0 Å². The lowest BCUT2D eigenvalue weighted by atomic mass is 9.97. The summed E-state index contributed by atoms with van der Waals surface area (Å²) in [5.41, 5.74) is 15.2. The predicted molar refractivity (Wildman–Crippen MR) is 55.2 cm³/mol. The van der Waals surface area contributed by atoms with Gasteiger partial charge in [-0.15, -0.1) is 0 Å². The largest absolute Gasteiger partial charge is 0.399 e. The molecule has 0 saturated heterocycles. The van der Waals surface area contributed by atoms with Crippen LogP contribution in [0.1, 0.15) is 30.0 Å². The van der Waals surface area contributed by atoms with Gasteiger partial charge in [-0.25, -0.2) is 0 Å². The van der Waals surface area contributed by atoms with Crippen LogP contribution in [0.3, 0.4) is 0 Å². The average molecular weight is 176 g/mol. The Morgan fingerprint density at radius 3 is 2.69 bits per heavy atom. The molecule has 13 heavy (non-hydrogen) atoms. The van der Waals surface area contributed by atoms with Gasteiger partial charge in [0.1, 0.15) is 0 Å². The van der Waals surface area contributed by atoms with Crippen LogP contribution in [0.15, 0.2) is 18.2 Å². The van der Waals surface area contributed by atoms with Gasteiger partial charge in [-0.05, 0) is 42.9 Å². The van der Waals surface area contributed by atoms with Gasteiger partial charge in [0, 0.05) is 11.7 Å². The zero-order valence-electron chi connectivity index (χ0n) is 7.96. The highest BCUT2D eigenvalue weighted by Gasteiger charge is 2.30. The van der Waals surface area contributed by atoms with Crippen LogP contribution in [-0.2, 0) is 0 Å². The molecular formula is C11H16N2. The number of nitrogens with two attached hydrogens (primary N) is 2. The molecule has 0 spiro atoms. The van der Waals surface area contributed by atoms with E-state index in [2.05, 4.69) is 6.07 Å². The zero-order chi connectivity index (χ0) is 9.42. The van der Waals surface area contributed by atoms with Crippen molar-refractivity contribution in [2.24, 2.45) is 11.7 Å². The van der Waals surface area contributed by atoms with Crippen LogP contribution in [0.25, 0.3) is 0 Å². The molecule has 1 fully saturated rings. The fourth-order valence-corrected chi connectivity index (χ4v) is 1.74. The molecule has 0 amide bonds. The first-order valence-corrected chi connectivity index (χ1v) is 4.80. The van der Waals surface area contributed by atoms with Crippen molar-refractivity contribution in [3.63, 3.8) is 0 Å². The molecule has 1 aromatic carbocycles. The highest BCUT2D eigenvalue weighted by atomic mass is 14.7. The van der Waals surface area contributed by atoms with E-state index in [1.807, 2.05) is 19.1 Å². The molecule has 1 aromatic rings. The van der Waals surface area contributed by atoms with Gasteiger partial charge in [-0.1, -0.05) is 12.1 Å². The van der Waals surface area contributed by atoms with Crippen molar-refractivity contribution in [3.8, 4) is 0 Å². The summed E-state index contributed by atoms with van der Waals surface area (Å²) in [7, 11) is 0. The smallest absolute Gasteiger partial charge is 0.0347 e. The Balaban J connectivity index is 2.32. The van der Waals surface area contributed by atoms with Gasteiger partial charge >= 0.3 is 0 Å². The number of anilines is 1. The van der Waals surface area contributed by atoms with E-state index in [1.54, 1.807) is 0 Å². The third kappa shape index (κ3) is 1.54. The van der Waals surface area contributed by atoms with E-state index in [4.69, 9.17) is 11.5 Å².